The fourth-order valence-electron chi connectivity index (χ4n) is 1.91. The smallest absolute Gasteiger partial charge is 0.273 e. The van der Waals surface area contributed by atoms with Gasteiger partial charge in [-0.05, 0) is 6.07 Å². The maximum atomic E-state index is 14.0. The van der Waals surface area contributed by atoms with Gasteiger partial charge in [0.1, 0.15) is 5.69 Å². The van der Waals surface area contributed by atoms with Gasteiger partial charge >= 0.3 is 42.0 Å². The summed E-state index contributed by atoms with van der Waals surface area (Å²) in [4.78, 5) is 11.1. The summed E-state index contributed by atoms with van der Waals surface area (Å²) in [5, 5.41) is 2.06. The van der Waals surface area contributed by atoms with E-state index in [9.17, 15) is 75.0 Å². The van der Waals surface area contributed by atoms with Crippen molar-refractivity contribution in [2.75, 3.05) is 0 Å². The Morgan fingerprint density at radius 1 is 0.710 bits per heavy atom. The molecule has 0 atom stereocenters. The van der Waals surface area contributed by atoms with Crippen molar-refractivity contribution < 1.29 is 75.0 Å². The van der Waals surface area contributed by atoms with E-state index in [1.807, 2.05) is 0 Å². The molecule has 1 heterocycles. The Morgan fingerprint density at radius 2 is 1.10 bits per heavy atom. The summed E-state index contributed by atoms with van der Waals surface area (Å²) in [6.07, 6.45) is -13.4. The summed E-state index contributed by atoms with van der Waals surface area (Å²) in [7, 11) is 0. The van der Waals surface area contributed by atoms with Crippen LogP contribution in [-0.2, 0) is 12.1 Å². The lowest BCUT2D eigenvalue weighted by molar-refractivity contribution is -0.442. The number of halogens is 16. The van der Waals surface area contributed by atoms with E-state index in [-0.39, 0.29) is 6.92 Å². The average molecular weight is 496 g/mol. The largest absolute Gasteiger partial charge is 0.460 e. The van der Waals surface area contributed by atoms with E-state index in [2.05, 4.69) is 5.10 Å². The van der Waals surface area contributed by atoms with Crippen LogP contribution in [-0.4, -0.2) is 45.6 Å². The molecule has 0 radical (unpaired) electrons. The molecule has 0 unspecified atom stereocenters. The molecule has 0 saturated carbocycles. The molecule has 31 heavy (non-hydrogen) atoms. The number of rotatable bonds is 5. The minimum Gasteiger partial charge on any atom is -0.273 e. The van der Waals surface area contributed by atoms with Crippen molar-refractivity contribution in [2.24, 2.45) is 0 Å². The van der Waals surface area contributed by atoms with Gasteiger partial charge in [-0.3, -0.25) is 4.79 Å². The van der Waals surface area contributed by atoms with Crippen LogP contribution in [0.3, 0.4) is 0 Å². The molecule has 0 saturated heterocycles. The van der Waals surface area contributed by atoms with Crippen LogP contribution in [0.1, 0.15) is 23.1 Å². The molecule has 1 aromatic heterocycles. The minimum absolute atomic E-state index is 0.0649. The van der Waals surface area contributed by atoms with Crippen molar-refractivity contribution >= 4 is 5.91 Å². The highest BCUT2D eigenvalue weighted by Gasteiger charge is 2.91. The number of hydrogen-bond donors (Lipinski definition) is 0. The first-order valence-electron chi connectivity index (χ1n) is 6.93. The highest BCUT2D eigenvalue weighted by Crippen LogP contribution is 2.62. The van der Waals surface area contributed by atoms with Crippen molar-refractivity contribution in [3.8, 4) is 0 Å². The van der Waals surface area contributed by atoms with Gasteiger partial charge in [-0.2, -0.15) is 80.0 Å². The number of alkyl halides is 16. The Labute approximate surface area is 158 Å². The number of carbonyl (C=O) groups excluding carboxylic acids is 1. The highest BCUT2D eigenvalue weighted by molar-refractivity contribution is 5.76. The molecule has 3 nitrogen and oxygen atoms in total. The lowest BCUT2D eigenvalue weighted by Gasteiger charge is -2.39. The van der Waals surface area contributed by atoms with Crippen molar-refractivity contribution in [3.05, 3.63) is 17.5 Å². The summed E-state index contributed by atoms with van der Waals surface area (Å²) in [5.41, 5.74) is -5.74. The summed E-state index contributed by atoms with van der Waals surface area (Å²) < 4.78 is 206. The Balaban J connectivity index is 3.80. The van der Waals surface area contributed by atoms with Gasteiger partial charge < -0.3 is 0 Å². The van der Waals surface area contributed by atoms with Crippen molar-refractivity contribution in [1.82, 2.24) is 9.78 Å². The van der Waals surface area contributed by atoms with E-state index >= 15 is 0 Å². The van der Waals surface area contributed by atoms with Crippen LogP contribution in [0.5, 0.6) is 0 Å². The molecule has 1 aromatic rings. The van der Waals surface area contributed by atoms with E-state index in [1.54, 1.807) is 0 Å². The fraction of sp³-hybridized carbons (Fsp3) is 0.667. The molecule has 0 N–H and O–H groups in total. The summed E-state index contributed by atoms with van der Waals surface area (Å²) in [6, 6.07) is -1.18. The van der Waals surface area contributed by atoms with Crippen LogP contribution >= 0.6 is 0 Å². The molecule has 0 fully saturated rings. The monoisotopic (exact) mass is 496 g/mol. The van der Waals surface area contributed by atoms with E-state index < -0.39 is 70.0 Å². The van der Waals surface area contributed by atoms with E-state index in [4.69, 9.17) is 0 Å². The van der Waals surface area contributed by atoms with Crippen LogP contribution in [0.4, 0.5) is 70.2 Å². The molecule has 0 bridgehead atoms. The van der Waals surface area contributed by atoms with E-state index in [0.29, 0.717) is 0 Å². The normalized spacial score (nSPS) is 15.4. The number of nitrogens with zero attached hydrogens (tertiary/aromatic N) is 2. The van der Waals surface area contributed by atoms with Gasteiger partial charge in [0.25, 0.3) is 0 Å². The van der Waals surface area contributed by atoms with Gasteiger partial charge in [0.15, 0.2) is 5.69 Å². The van der Waals surface area contributed by atoms with Crippen LogP contribution < -0.4 is 0 Å². The second-order valence-electron chi connectivity index (χ2n) is 5.71. The molecular weight excluding hydrogens is 492 g/mol. The Morgan fingerprint density at radius 3 is 1.42 bits per heavy atom. The summed E-state index contributed by atoms with van der Waals surface area (Å²) in [5.74, 6) is -41.5. The number of carbonyl (C=O) groups is 1. The lowest BCUT2D eigenvalue weighted by atomic mass is 9.92. The first kappa shape index (κ1) is 26.8. The second kappa shape index (κ2) is 6.88. The predicted molar refractivity (Wildman–Crippen MR) is 63.3 cm³/mol. The Kier molecular flexibility index (Phi) is 5.95. The van der Waals surface area contributed by atoms with Crippen LogP contribution in [0.2, 0.25) is 0 Å². The maximum absolute atomic E-state index is 14.0. The first-order valence-corrected chi connectivity index (χ1v) is 6.93. The van der Waals surface area contributed by atoms with Gasteiger partial charge in [-0.25, -0.2) is 0 Å². The molecule has 0 aromatic carbocycles. The molecule has 0 aliphatic carbocycles. The number of aromatic nitrogens is 2. The van der Waals surface area contributed by atoms with Crippen molar-refractivity contribution in [3.63, 3.8) is 0 Å². The topological polar surface area (TPSA) is 34.9 Å². The molecular formula is C12H4F16N2O. The zero-order valence-electron chi connectivity index (χ0n) is 13.9. The molecule has 0 spiro atoms. The van der Waals surface area contributed by atoms with Crippen molar-refractivity contribution in [1.29, 1.82) is 0 Å². The van der Waals surface area contributed by atoms with E-state index in [1.165, 1.54) is 0 Å². The predicted octanol–water partition coefficient (Wildman–Crippen LogP) is 5.76. The maximum Gasteiger partial charge on any atom is 0.460 e. The van der Waals surface area contributed by atoms with Crippen molar-refractivity contribution in [2.45, 2.75) is 48.9 Å². The fourth-order valence-corrected chi connectivity index (χ4v) is 1.91. The summed E-state index contributed by atoms with van der Waals surface area (Å²) in [6.45, 7) is 0.0649. The van der Waals surface area contributed by atoms with Crippen LogP contribution in [0, 0.1) is 0 Å². The van der Waals surface area contributed by atoms with E-state index in [0.717, 1.165) is 0 Å². The molecule has 1 rings (SSSR count). The Hall–Kier alpha value is -2.24. The first-order chi connectivity index (χ1) is 13.3. The zero-order valence-corrected chi connectivity index (χ0v) is 13.9. The molecule has 0 amide bonds. The molecule has 0 aliphatic rings. The standard InChI is InChI=1S/C12H4F16N2O/c1-3(31)30-5(2-4(29-30)7(15,16)17)6(13,14)8(18,19)9(20,21)10(22,23)11(24,25)12(26,27)28/h2H,1H3. The molecule has 180 valence electrons. The second-order valence-corrected chi connectivity index (χ2v) is 5.71. The number of hydrogen-bond acceptors (Lipinski definition) is 2. The quantitative estimate of drug-likeness (QED) is 0.487. The SMILES string of the molecule is CC(=O)n1nc(C(F)(F)F)cc1C(F)(F)C(F)(F)C(F)(F)C(F)(F)C(F)(F)C(F)(F)F. The summed E-state index contributed by atoms with van der Waals surface area (Å²) >= 11 is 0. The van der Waals surface area contributed by atoms with Gasteiger partial charge in [0.2, 0.25) is 5.91 Å². The lowest BCUT2D eigenvalue weighted by Crippen LogP contribution is -2.69. The third-order valence-corrected chi connectivity index (χ3v) is 3.55. The molecule has 19 heteroatoms. The third-order valence-electron chi connectivity index (χ3n) is 3.55. The minimum atomic E-state index is -8.24. The Bertz CT molecular complexity index is 846. The van der Waals surface area contributed by atoms with Gasteiger partial charge in [0.05, 0.1) is 0 Å². The molecule has 0 aliphatic heterocycles. The van der Waals surface area contributed by atoms with Crippen LogP contribution in [0.15, 0.2) is 6.07 Å². The zero-order chi connectivity index (χ0) is 25.2. The average Bonchev–Trinajstić information content (AvgIpc) is 2.99. The van der Waals surface area contributed by atoms with Gasteiger partial charge in [-0.15, -0.1) is 0 Å². The highest BCUT2D eigenvalue weighted by atomic mass is 19.4. The third kappa shape index (κ3) is 3.68. The van der Waals surface area contributed by atoms with Crippen LogP contribution in [0.25, 0.3) is 0 Å². The van der Waals surface area contributed by atoms with Gasteiger partial charge in [0, 0.05) is 6.92 Å². The van der Waals surface area contributed by atoms with Gasteiger partial charge in [-0.1, -0.05) is 0 Å².